The van der Waals surface area contributed by atoms with E-state index in [-0.39, 0.29) is 22.9 Å². The molecule has 1 N–H and O–H groups in total. The van der Waals surface area contributed by atoms with Gasteiger partial charge >= 0.3 is 0 Å². The van der Waals surface area contributed by atoms with Crippen molar-refractivity contribution >= 4 is 43.1 Å². The van der Waals surface area contributed by atoms with E-state index < -0.39 is 14.9 Å². The van der Waals surface area contributed by atoms with Crippen molar-refractivity contribution in [2.75, 3.05) is 25.0 Å². The lowest BCUT2D eigenvalue weighted by Crippen LogP contribution is -2.37. The van der Waals surface area contributed by atoms with Crippen LogP contribution in [0.2, 0.25) is 0 Å². The Morgan fingerprint density at radius 1 is 1.20 bits per heavy atom. The first kappa shape index (κ1) is 22.4. The fourth-order valence-corrected chi connectivity index (χ4v) is 5.20. The number of anilines is 1. The molecule has 0 bridgehead atoms. The van der Waals surface area contributed by atoms with Crippen LogP contribution in [0.25, 0.3) is 0 Å². The number of nitro benzene ring substituents is 1. The molecule has 2 aromatic rings. The van der Waals surface area contributed by atoms with Gasteiger partial charge in [0.25, 0.3) is 5.69 Å². The molecule has 1 aliphatic rings. The Bertz CT molecular complexity index is 1050. The van der Waals surface area contributed by atoms with Gasteiger partial charge in [-0.2, -0.15) is 4.31 Å². The van der Waals surface area contributed by atoms with Crippen molar-refractivity contribution < 1.29 is 18.1 Å². The molecule has 1 fully saturated rings. The molecule has 1 heterocycles. The second-order valence-electron chi connectivity index (χ2n) is 7.31. The summed E-state index contributed by atoms with van der Waals surface area (Å²) in [6.07, 6.45) is 1.69. The van der Waals surface area contributed by atoms with Crippen LogP contribution in [0.3, 0.4) is 0 Å². The molecule has 0 radical (unpaired) electrons. The standard InChI is InChI=1S/C20H22BrN3O5S/c1-14-8-10-23(11-9-14)30(28,29)17-5-2-15(3-6-17)20(25)13-22-19-7-4-16(24(26)27)12-18(19)21/h2-7,12,14,22H,8-11,13H2,1H3. The number of benzene rings is 2. The van der Waals surface area contributed by atoms with Crippen molar-refractivity contribution in [3.8, 4) is 0 Å². The number of halogens is 1. The van der Waals surface area contributed by atoms with Gasteiger partial charge in [0.15, 0.2) is 5.78 Å². The Morgan fingerprint density at radius 2 is 1.83 bits per heavy atom. The van der Waals surface area contributed by atoms with E-state index in [0.717, 1.165) is 12.8 Å². The van der Waals surface area contributed by atoms with E-state index >= 15 is 0 Å². The molecule has 0 aromatic heterocycles. The van der Waals surface area contributed by atoms with Crippen molar-refractivity contribution in [1.82, 2.24) is 4.31 Å². The fraction of sp³-hybridized carbons (Fsp3) is 0.350. The van der Waals surface area contributed by atoms with Crippen LogP contribution < -0.4 is 5.32 Å². The quantitative estimate of drug-likeness (QED) is 0.352. The van der Waals surface area contributed by atoms with Gasteiger partial charge in [-0.05, 0) is 65.0 Å². The van der Waals surface area contributed by atoms with Crippen molar-refractivity contribution in [3.05, 3.63) is 62.6 Å². The van der Waals surface area contributed by atoms with Crippen LogP contribution in [-0.2, 0) is 10.0 Å². The summed E-state index contributed by atoms with van der Waals surface area (Å²) in [5.41, 5.74) is 0.873. The first-order valence-electron chi connectivity index (χ1n) is 9.49. The number of hydrogen-bond acceptors (Lipinski definition) is 6. The molecule has 30 heavy (non-hydrogen) atoms. The van der Waals surface area contributed by atoms with Gasteiger partial charge in [0.2, 0.25) is 10.0 Å². The predicted octanol–water partition coefficient (Wildman–Crippen LogP) is 4.07. The molecular formula is C20H22BrN3O5S. The molecule has 0 aliphatic carbocycles. The largest absolute Gasteiger partial charge is 0.377 e. The number of ketones is 1. The van der Waals surface area contributed by atoms with E-state index in [9.17, 15) is 23.3 Å². The zero-order valence-electron chi connectivity index (χ0n) is 16.4. The summed E-state index contributed by atoms with van der Waals surface area (Å²) in [6, 6.07) is 10.2. The minimum Gasteiger partial charge on any atom is -0.377 e. The maximum atomic E-state index is 12.8. The van der Waals surface area contributed by atoms with Crippen LogP contribution in [0.4, 0.5) is 11.4 Å². The smallest absolute Gasteiger partial charge is 0.270 e. The Kier molecular flexibility index (Phi) is 6.89. The third-order valence-corrected chi connectivity index (χ3v) is 7.73. The molecule has 160 valence electrons. The number of rotatable bonds is 7. The van der Waals surface area contributed by atoms with Gasteiger partial charge in [0.1, 0.15) is 0 Å². The van der Waals surface area contributed by atoms with Crippen LogP contribution in [-0.4, -0.2) is 43.1 Å². The lowest BCUT2D eigenvalue weighted by molar-refractivity contribution is -0.384. The lowest BCUT2D eigenvalue weighted by atomic mass is 10.0. The fourth-order valence-electron chi connectivity index (χ4n) is 3.23. The van der Waals surface area contributed by atoms with E-state index in [0.29, 0.717) is 34.7 Å². The molecule has 3 rings (SSSR count). The van der Waals surface area contributed by atoms with Gasteiger partial charge in [-0.1, -0.05) is 6.92 Å². The van der Waals surface area contributed by atoms with E-state index in [1.54, 1.807) is 0 Å². The highest BCUT2D eigenvalue weighted by Gasteiger charge is 2.28. The minimum atomic E-state index is -3.55. The number of hydrogen-bond donors (Lipinski definition) is 1. The van der Waals surface area contributed by atoms with Gasteiger partial charge in [-0.3, -0.25) is 14.9 Å². The summed E-state index contributed by atoms with van der Waals surface area (Å²) < 4.78 is 27.5. The first-order chi connectivity index (χ1) is 14.2. The Morgan fingerprint density at radius 3 is 2.40 bits per heavy atom. The lowest BCUT2D eigenvalue weighted by Gasteiger charge is -2.29. The zero-order valence-corrected chi connectivity index (χ0v) is 18.8. The third kappa shape index (κ3) is 5.05. The molecule has 8 nitrogen and oxygen atoms in total. The molecule has 1 saturated heterocycles. The average molecular weight is 496 g/mol. The van der Waals surface area contributed by atoms with E-state index in [1.807, 2.05) is 0 Å². The maximum Gasteiger partial charge on any atom is 0.270 e. The summed E-state index contributed by atoms with van der Waals surface area (Å²) in [5, 5.41) is 13.7. The number of sulfonamides is 1. The molecular weight excluding hydrogens is 474 g/mol. The highest BCUT2D eigenvalue weighted by atomic mass is 79.9. The molecule has 0 unspecified atom stereocenters. The third-order valence-electron chi connectivity index (χ3n) is 5.16. The number of carbonyl (C=O) groups is 1. The van der Waals surface area contributed by atoms with E-state index in [2.05, 4.69) is 28.2 Å². The van der Waals surface area contributed by atoms with Crippen molar-refractivity contribution in [3.63, 3.8) is 0 Å². The van der Waals surface area contributed by atoms with Gasteiger partial charge in [-0.25, -0.2) is 8.42 Å². The second kappa shape index (κ2) is 9.23. The van der Waals surface area contributed by atoms with Crippen LogP contribution in [0.1, 0.15) is 30.1 Å². The Hall–Kier alpha value is -2.30. The van der Waals surface area contributed by atoms with Crippen LogP contribution in [0.5, 0.6) is 0 Å². The normalized spacial score (nSPS) is 15.7. The maximum absolute atomic E-state index is 12.8. The highest BCUT2D eigenvalue weighted by molar-refractivity contribution is 9.10. The summed E-state index contributed by atoms with van der Waals surface area (Å²) in [7, 11) is -3.55. The SMILES string of the molecule is CC1CCN(S(=O)(=O)c2ccc(C(=O)CNc3ccc([N+](=O)[O-])cc3Br)cc2)CC1. The van der Waals surface area contributed by atoms with Crippen molar-refractivity contribution in [2.24, 2.45) is 5.92 Å². The Labute approximate surface area is 183 Å². The number of Topliss-reactive ketones (excluding diaryl/α,β-unsaturated/α-hetero) is 1. The van der Waals surface area contributed by atoms with E-state index in [4.69, 9.17) is 0 Å². The Balaban J connectivity index is 1.64. The van der Waals surface area contributed by atoms with Gasteiger partial charge in [0.05, 0.1) is 16.4 Å². The summed E-state index contributed by atoms with van der Waals surface area (Å²) >= 11 is 3.24. The molecule has 10 heteroatoms. The second-order valence-corrected chi connectivity index (χ2v) is 10.1. The van der Waals surface area contributed by atoms with Crippen LogP contribution in [0.15, 0.2) is 51.8 Å². The molecule has 0 spiro atoms. The van der Waals surface area contributed by atoms with Crippen LogP contribution in [0, 0.1) is 16.0 Å². The summed E-state index contributed by atoms with van der Waals surface area (Å²) in [6.45, 7) is 3.11. The number of piperidine rings is 1. The van der Waals surface area contributed by atoms with Crippen LogP contribution >= 0.6 is 15.9 Å². The molecule has 0 amide bonds. The average Bonchev–Trinajstić information content (AvgIpc) is 2.73. The topological polar surface area (TPSA) is 110 Å². The van der Waals surface area contributed by atoms with Crippen molar-refractivity contribution in [2.45, 2.75) is 24.7 Å². The monoisotopic (exact) mass is 495 g/mol. The summed E-state index contributed by atoms with van der Waals surface area (Å²) in [5.74, 6) is 0.302. The molecule has 1 aliphatic heterocycles. The highest BCUT2D eigenvalue weighted by Crippen LogP contribution is 2.27. The molecule has 0 saturated carbocycles. The van der Waals surface area contributed by atoms with Gasteiger partial charge < -0.3 is 5.32 Å². The number of nitro groups is 1. The molecule has 0 atom stereocenters. The predicted molar refractivity (Wildman–Crippen MR) is 117 cm³/mol. The minimum absolute atomic E-state index is 0.0352. The number of non-ortho nitro benzene ring substituents is 1. The molecule has 2 aromatic carbocycles. The van der Waals surface area contributed by atoms with Gasteiger partial charge in [-0.15, -0.1) is 0 Å². The zero-order chi connectivity index (χ0) is 21.9. The van der Waals surface area contributed by atoms with Gasteiger partial charge in [0, 0.05) is 40.9 Å². The number of nitrogens with zero attached hydrogens (tertiary/aromatic N) is 2. The first-order valence-corrected chi connectivity index (χ1v) is 11.7. The number of carbonyl (C=O) groups excluding carboxylic acids is 1. The number of nitrogens with one attached hydrogen (secondary N) is 1. The summed E-state index contributed by atoms with van der Waals surface area (Å²) in [4.78, 5) is 22.9. The van der Waals surface area contributed by atoms with E-state index in [1.165, 1.54) is 46.8 Å². The van der Waals surface area contributed by atoms with Crippen molar-refractivity contribution in [1.29, 1.82) is 0 Å².